The Balaban J connectivity index is 0.00000324. The fourth-order valence-electron chi connectivity index (χ4n) is 1.46. The smallest absolute Gasteiger partial charge is 0.389 e. The molecule has 0 radical (unpaired) electrons. The molecule has 8 heteroatoms. The van der Waals surface area contributed by atoms with Crippen LogP contribution >= 0.6 is 12.4 Å². The number of para-hydroxylation sites is 1. The van der Waals surface area contributed by atoms with E-state index in [1.807, 2.05) is 0 Å². The third kappa shape index (κ3) is 6.58. The average Bonchev–Trinajstić information content (AvgIpc) is 2.25. The number of nitrogens with two attached hydrogens (primary N) is 1. The second kappa shape index (κ2) is 7.49. The first-order valence-corrected chi connectivity index (χ1v) is 5.15. The third-order valence-electron chi connectivity index (χ3n) is 2.27. The predicted octanol–water partition coefficient (Wildman–Crippen LogP) is 4.05. The number of hydrogen-bond donors (Lipinski definition) is 1. The number of benzene rings is 1. The van der Waals surface area contributed by atoms with E-state index in [0.29, 0.717) is 0 Å². The Labute approximate surface area is 113 Å². The molecule has 0 saturated heterocycles. The van der Waals surface area contributed by atoms with E-state index in [1.54, 1.807) is 0 Å². The van der Waals surface area contributed by atoms with Crippen molar-refractivity contribution in [3.8, 4) is 5.75 Å². The molecule has 0 amide bonds. The zero-order chi connectivity index (χ0) is 13.8. The molecule has 1 aromatic carbocycles. The average molecular weight is 306 g/mol. The van der Waals surface area contributed by atoms with Crippen LogP contribution in [0.3, 0.4) is 0 Å². The zero-order valence-corrected chi connectivity index (χ0v) is 10.5. The second-order valence-electron chi connectivity index (χ2n) is 3.68. The molecular formula is C11H13ClF5NO. The van der Waals surface area contributed by atoms with Gasteiger partial charge >= 0.3 is 12.8 Å². The van der Waals surface area contributed by atoms with Gasteiger partial charge in [-0.05, 0) is 12.5 Å². The number of alkyl halides is 5. The van der Waals surface area contributed by atoms with Crippen LogP contribution in [-0.2, 0) is 0 Å². The Morgan fingerprint density at radius 2 is 1.74 bits per heavy atom. The molecule has 0 aliphatic heterocycles. The lowest BCUT2D eigenvalue weighted by atomic mass is 10.0. The molecule has 0 aromatic heterocycles. The maximum Gasteiger partial charge on any atom is 0.389 e. The molecule has 0 aliphatic carbocycles. The molecule has 19 heavy (non-hydrogen) atoms. The normalized spacial score (nSPS) is 13.0. The lowest BCUT2D eigenvalue weighted by Crippen LogP contribution is -2.17. The van der Waals surface area contributed by atoms with Gasteiger partial charge in [-0.25, -0.2) is 0 Å². The van der Waals surface area contributed by atoms with E-state index in [2.05, 4.69) is 4.74 Å². The Kier molecular flexibility index (Phi) is 7.07. The summed E-state index contributed by atoms with van der Waals surface area (Å²) in [4.78, 5) is 0. The van der Waals surface area contributed by atoms with Crippen LogP contribution in [0, 0.1) is 0 Å². The van der Waals surface area contributed by atoms with E-state index in [1.165, 1.54) is 24.3 Å². The second-order valence-corrected chi connectivity index (χ2v) is 3.68. The quantitative estimate of drug-likeness (QED) is 0.833. The van der Waals surface area contributed by atoms with Gasteiger partial charge in [-0.1, -0.05) is 18.2 Å². The number of halogens is 6. The monoisotopic (exact) mass is 305 g/mol. The van der Waals surface area contributed by atoms with Crippen LogP contribution in [-0.4, -0.2) is 12.8 Å². The maximum atomic E-state index is 12.1. The number of ether oxygens (including phenoxy) is 1. The molecule has 1 aromatic rings. The minimum absolute atomic E-state index is 0. The molecule has 1 rings (SSSR count). The summed E-state index contributed by atoms with van der Waals surface area (Å²) in [5, 5.41) is 0. The Bertz CT molecular complexity index is 386. The van der Waals surface area contributed by atoms with Gasteiger partial charge in [-0.3, -0.25) is 0 Å². The molecule has 0 fully saturated rings. The summed E-state index contributed by atoms with van der Waals surface area (Å²) in [6.07, 6.45) is -5.78. The third-order valence-corrected chi connectivity index (χ3v) is 2.27. The van der Waals surface area contributed by atoms with E-state index in [-0.39, 0.29) is 30.1 Å². The SMILES string of the molecule is Cl.N[C@H](CCC(F)(F)F)c1ccccc1OC(F)F. The van der Waals surface area contributed by atoms with E-state index in [9.17, 15) is 22.0 Å². The van der Waals surface area contributed by atoms with Crippen molar-refractivity contribution in [3.05, 3.63) is 29.8 Å². The van der Waals surface area contributed by atoms with Crippen molar-refractivity contribution in [3.63, 3.8) is 0 Å². The Hall–Kier alpha value is -1.08. The van der Waals surface area contributed by atoms with Crippen molar-refractivity contribution < 1.29 is 26.7 Å². The molecule has 2 nitrogen and oxygen atoms in total. The fourth-order valence-corrected chi connectivity index (χ4v) is 1.46. The molecule has 0 aliphatic rings. The lowest BCUT2D eigenvalue weighted by Gasteiger charge is -2.17. The zero-order valence-electron chi connectivity index (χ0n) is 9.66. The molecule has 2 N–H and O–H groups in total. The molecule has 1 atom stereocenters. The number of rotatable bonds is 5. The van der Waals surface area contributed by atoms with Crippen molar-refractivity contribution >= 4 is 12.4 Å². The van der Waals surface area contributed by atoms with Gasteiger partial charge < -0.3 is 10.5 Å². The summed E-state index contributed by atoms with van der Waals surface area (Å²) in [7, 11) is 0. The van der Waals surface area contributed by atoms with Gasteiger partial charge in [0.1, 0.15) is 5.75 Å². The summed E-state index contributed by atoms with van der Waals surface area (Å²) in [5.74, 6) is -0.192. The highest BCUT2D eigenvalue weighted by molar-refractivity contribution is 5.85. The highest BCUT2D eigenvalue weighted by atomic mass is 35.5. The van der Waals surface area contributed by atoms with Crippen LogP contribution in [0.15, 0.2) is 24.3 Å². The van der Waals surface area contributed by atoms with Gasteiger partial charge in [0.25, 0.3) is 0 Å². The molecule has 110 valence electrons. The van der Waals surface area contributed by atoms with Crippen LogP contribution in [0.25, 0.3) is 0 Å². The van der Waals surface area contributed by atoms with Crippen molar-refractivity contribution in [1.82, 2.24) is 0 Å². The van der Waals surface area contributed by atoms with E-state index in [0.717, 1.165) is 0 Å². The molecule has 0 bridgehead atoms. The van der Waals surface area contributed by atoms with Crippen molar-refractivity contribution in [1.29, 1.82) is 0 Å². The molecular weight excluding hydrogens is 293 g/mol. The van der Waals surface area contributed by atoms with Crippen LogP contribution in [0.5, 0.6) is 5.75 Å². The van der Waals surface area contributed by atoms with Gasteiger partial charge in [-0.2, -0.15) is 22.0 Å². The minimum Gasteiger partial charge on any atom is -0.434 e. The molecule has 0 saturated carbocycles. The van der Waals surface area contributed by atoms with Gasteiger partial charge in [-0.15, -0.1) is 12.4 Å². The van der Waals surface area contributed by atoms with E-state index < -0.39 is 25.3 Å². The standard InChI is InChI=1S/C11H12F5NO.ClH/c12-10(13)18-9-4-2-1-3-7(9)8(17)5-6-11(14,15)16;/h1-4,8,10H,5-6,17H2;1H/t8-;/m1./s1. The molecule has 0 unspecified atom stereocenters. The van der Waals surface area contributed by atoms with Gasteiger partial charge in [0.05, 0.1) is 0 Å². The Morgan fingerprint density at radius 1 is 1.16 bits per heavy atom. The van der Waals surface area contributed by atoms with Crippen molar-refractivity contribution in [2.45, 2.75) is 31.7 Å². The maximum absolute atomic E-state index is 12.1. The summed E-state index contributed by atoms with van der Waals surface area (Å²) >= 11 is 0. The van der Waals surface area contributed by atoms with Crippen LogP contribution in [0.1, 0.15) is 24.4 Å². The van der Waals surface area contributed by atoms with Gasteiger partial charge in [0.15, 0.2) is 0 Å². The largest absolute Gasteiger partial charge is 0.434 e. The summed E-state index contributed by atoms with van der Waals surface area (Å²) in [6.45, 7) is -3.04. The van der Waals surface area contributed by atoms with Crippen LogP contribution < -0.4 is 10.5 Å². The van der Waals surface area contributed by atoms with Gasteiger partial charge in [0.2, 0.25) is 0 Å². The fraction of sp³-hybridized carbons (Fsp3) is 0.455. The van der Waals surface area contributed by atoms with Crippen LogP contribution in [0.2, 0.25) is 0 Å². The molecule has 0 heterocycles. The topological polar surface area (TPSA) is 35.2 Å². The van der Waals surface area contributed by atoms with Crippen molar-refractivity contribution in [2.24, 2.45) is 5.73 Å². The Morgan fingerprint density at radius 3 is 2.26 bits per heavy atom. The van der Waals surface area contributed by atoms with Crippen molar-refractivity contribution in [2.75, 3.05) is 0 Å². The highest BCUT2D eigenvalue weighted by Gasteiger charge is 2.28. The highest BCUT2D eigenvalue weighted by Crippen LogP contribution is 2.31. The number of hydrogen-bond acceptors (Lipinski definition) is 2. The minimum atomic E-state index is -4.32. The predicted molar refractivity (Wildman–Crippen MR) is 62.5 cm³/mol. The van der Waals surface area contributed by atoms with E-state index >= 15 is 0 Å². The lowest BCUT2D eigenvalue weighted by molar-refractivity contribution is -0.136. The first kappa shape index (κ1) is 17.9. The first-order chi connectivity index (χ1) is 8.29. The summed E-state index contributed by atoms with van der Waals surface area (Å²) < 4.78 is 64.5. The van der Waals surface area contributed by atoms with Gasteiger partial charge in [0, 0.05) is 18.0 Å². The summed E-state index contributed by atoms with van der Waals surface area (Å²) in [6, 6.07) is 4.56. The van der Waals surface area contributed by atoms with Crippen LogP contribution in [0.4, 0.5) is 22.0 Å². The van der Waals surface area contributed by atoms with E-state index in [4.69, 9.17) is 5.73 Å². The molecule has 0 spiro atoms. The first-order valence-electron chi connectivity index (χ1n) is 5.15. The summed E-state index contributed by atoms with van der Waals surface area (Å²) in [5.41, 5.74) is 5.69.